The van der Waals surface area contributed by atoms with Crippen LogP contribution in [-0.2, 0) is 9.59 Å². The van der Waals surface area contributed by atoms with Gasteiger partial charge in [-0.05, 0) is 58.8 Å². The van der Waals surface area contributed by atoms with E-state index >= 15 is 0 Å². The fourth-order valence-electron chi connectivity index (χ4n) is 4.46. The molecule has 1 heterocycles. The molecule has 1 aliphatic rings. The van der Waals surface area contributed by atoms with Crippen molar-refractivity contribution in [1.29, 1.82) is 0 Å². The predicted octanol–water partition coefficient (Wildman–Crippen LogP) is 4.89. The molecule has 6 nitrogen and oxygen atoms in total. The van der Waals surface area contributed by atoms with Crippen LogP contribution in [0.5, 0.6) is 5.75 Å². The topological polar surface area (TPSA) is 71.0 Å². The summed E-state index contributed by atoms with van der Waals surface area (Å²) in [5.41, 5.74) is 4.36. The number of benzene rings is 4. The molecule has 5 rings (SSSR count). The molecule has 6 heteroatoms. The van der Waals surface area contributed by atoms with Crippen LogP contribution in [0.3, 0.4) is 0 Å². The molecule has 2 amide bonds. The summed E-state index contributed by atoms with van der Waals surface area (Å²) < 4.78 is 5.46. The molecule has 0 unspecified atom stereocenters. The number of carbonyl (C=O) groups is 2. The van der Waals surface area contributed by atoms with E-state index in [0.29, 0.717) is 13.2 Å². The Hall–Kier alpha value is -4.19. The third-order valence-corrected chi connectivity index (χ3v) is 6.14. The fourth-order valence-corrected chi connectivity index (χ4v) is 4.46. The van der Waals surface area contributed by atoms with Gasteiger partial charge in [0.25, 0.3) is 0 Å². The number of amides is 2. The van der Waals surface area contributed by atoms with E-state index in [0.717, 1.165) is 38.5 Å². The Morgan fingerprint density at radius 2 is 1.68 bits per heavy atom. The predicted molar refractivity (Wildman–Crippen MR) is 135 cm³/mol. The van der Waals surface area contributed by atoms with Crippen LogP contribution in [0.2, 0.25) is 0 Å². The molecule has 0 radical (unpaired) electrons. The first-order chi connectivity index (χ1) is 16.6. The zero-order chi connectivity index (χ0) is 23.5. The van der Waals surface area contributed by atoms with Crippen LogP contribution in [0, 0.1) is 5.92 Å². The number of hydrazone groups is 1. The number of fused-ring (bicyclic) bond motifs is 2. The first-order valence-corrected chi connectivity index (χ1v) is 11.4. The van der Waals surface area contributed by atoms with Crippen molar-refractivity contribution in [3.63, 3.8) is 0 Å². The zero-order valence-electron chi connectivity index (χ0n) is 18.9. The second-order valence-corrected chi connectivity index (χ2v) is 8.30. The number of nitrogens with one attached hydrogen (secondary N) is 1. The van der Waals surface area contributed by atoms with Crippen molar-refractivity contribution in [1.82, 2.24) is 5.43 Å². The van der Waals surface area contributed by atoms with Crippen LogP contribution in [0.1, 0.15) is 18.9 Å². The molecule has 0 aromatic heterocycles. The van der Waals surface area contributed by atoms with Gasteiger partial charge in [-0.2, -0.15) is 5.10 Å². The molecule has 1 atom stereocenters. The summed E-state index contributed by atoms with van der Waals surface area (Å²) in [6.45, 7) is 2.83. The monoisotopic (exact) mass is 451 g/mol. The Morgan fingerprint density at radius 1 is 1.03 bits per heavy atom. The standard InChI is InChI=1S/C28H25N3O3/c1-2-34-23-13-11-22(12-14-23)31-18-21(16-27(31)32)28(33)30-29-17-26-24-9-5-3-7-19(24)15-20-8-4-6-10-25(20)26/h3-15,17,21H,2,16,18H2,1H3,(H,30,33)/b29-17-/t21-/m1/s1. The summed E-state index contributed by atoms with van der Waals surface area (Å²) in [5.74, 6) is -0.0427. The summed E-state index contributed by atoms with van der Waals surface area (Å²) in [6, 6.07) is 25.7. The van der Waals surface area contributed by atoms with Crippen LogP contribution >= 0.6 is 0 Å². The molecular weight excluding hydrogens is 426 g/mol. The van der Waals surface area contributed by atoms with E-state index in [-0.39, 0.29) is 18.2 Å². The van der Waals surface area contributed by atoms with Crippen molar-refractivity contribution in [3.05, 3.63) is 84.4 Å². The highest BCUT2D eigenvalue weighted by atomic mass is 16.5. The van der Waals surface area contributed by atoms with Gasteiger partial charge in [0.2, 0.25) is 11.8 Å². The maximum atomic E-state index is 12.8. The number of anilines is 1. The molecular formula is C28H25N3O3. The van der Waals surface area contributed by atoms with E-state index < -0.39 is 5.92 Å². The van der Waals surface area contributed by atoms with Crippen molar-refractivity contribution >= 4 is 45.3 Å². The first-order valence-electron chi connectivity index (χ1n) is 11.4. The van der Waals surface area contributed by atoms with Gasteiger partial charge in [-0.25, -0.2) is 5.43 Å². The second kappa shape index (κ2) is 9.35. The van der Waals surface area contributed by atoms with Gasteiger partial charge in [0.1, 0.15) is 5.75 Å². The van der Waals surface area contributed by atoms with Gasteiger partial charge in [0.05, 0.1) is 18.7 Å². The molecule has 0 aliphatic carbocycles. The Labute approximate surface area is 197 Å². The Bertz CT molecular complexity index is 1340. The molecule has 1 fully saturated rings. The van der Waals surface area contributed by atoms with Crippen molar-refractivity contribution in [2.45, 2.75) is 13.3 Å². The van der Waals surface area contributed by atoms with Gasteiger partial charge in [-0.15, -0.1) is 0 Å². The summed E-state index contributed by atoms with van der Waals surface area (Å²) in [6.07, 6.45) is 1.86. The maximum absolute atomic E-state index is 12.8. The molecule has 1 aliphatic heterocycles. The minimum absolute atomic E-state index is 0.0756. The Morgan fingerprint density at radius 3 is 2.32 bits per heavy atom. The smallest absolute Gasteiger partial charge is 0.245 e. The van der Waals surface area contributed by atoms with E-state index in [2.05, 4.69) is 40.9 Å². The van der Waals surface area contributed by atoms with Gasteiger partial charge < -0.3 is 9.64 Å². The van der Waals surface area contributed by atoms with Crippen LogP contribution in [-0.4, -0.2) is 31.2 Å². The van der Waals surface area contributed by atoms with Crippen molar-refractivity contribution in [2.24, 2.45) is 11.0 Å². The number of ether oxygens (including phenoxy) is 1. The normalized spacial score (nSPS) is 16.0. The number of carbonyl (C=O) groups excluding carboxylic acids is 2. The van der Waals surface area contributed by atoms with Gasteiger partial charge >= 0.3 is 0 Å². The van der Waals surface area contributed by atoms with Gasteiger partial charge in [-0.3, -0.25) is 9.59 Å². The second-order valence-electron chi connectivity index (χ2n) is 8.30. The SMILES string of the molecule is CCOc1ccc(N2C[C@H](C(=O)N/N=C\c3c4ccccc4cc4ccccc34)CC2=O)cc1. The summed E-state index contributed by atoms with van der Waals surface area (Å²) in [7, 11) is 0. The van der Waals surface area contributed by atoms with Gasteiger partial charge in [0, 0.05) is 24.2 Å². The first kappa shape index (κ1) is 21.6. The zero-order valence-corrected chi connectivity index (χ0v) is 18.9. The third kappa shape index (κ3) is 4.22. The lowest BCUT2D eigenvalue weighted by atomic mass is 9.97. The van der Waals surface area contributed by atoms with Crippen molar-refractivity contribution in [3.8, 4) is 5.75 Å². The highest BCUT2D eigenvalue weighted by molar-refractivity contribution is 6.13. The van der Waals surface area contributed by atoms with Crippen LogP contribution in [0.15, 0.2) is 84.0 Å². The average Bonchev–Trinajstić information content (AvgIpc) is 3.26. The van der Waals surface area contributed by atoms with Crippen LogP contribution in [0.4, 0.5) is 5.69 Å². The van der Waals surface area contributed by atoms with Crippen molar-refractivity contribution in [2.75, 3.05) is 18.1 Å². The van der Waals surface area contributed by atoms with Crippen molar-refractivity contribution < 1.29 is 14.3 Å². The molecule has 4 aromatic rings. The molecule has 0 spiro atoms. The number of hydrogen-bond acceptors (Lipinski definition) is 4. The summed E-state index contributed by atoms with van der Waals surface area (Å²) in [4.78, 5) is 27.0. The minimum atomic E-state index is -0.458. The average molecular weight is 452 g/mol. The number of hydrogen-bond donors (Lipinski definition) is 1. The summed E-state index contributed by atoms with van der Waals surface area (Å²) >= 11 is 0. The Balaban J connectivity index is 1.31. The van der Waals surface area contributed by atoms with E-state index in [1.807, 2.05) is 55.5 Å². The van der Waals surface area contributed by atoms with E-state index in [4.69, 9.17) is 4.74 Å². The van der Waals surface area contributed by atoms with E-state index in [9.17, 15) is 9.59 Å². The lowest BCUT2D eigenvalue weighted by Crippen LogP contribution is -2.30. The largest absolute Gasteiger partial charge is 0.494 e. The number of nitrogens with zero attached hydrogens (tertiary/aromatic N) is 2. The third-order valence-electron chi connectivity index (χ3n) is 6.14. The molecule has 0 bridgehead atoms. The Kier molecular flexibility index (Phi) is 5.95. The lowest BCUT2D eigenvalue weighted by Gasteiger charge is -2.17. The quantitative estimate of drug-likeness (QED) is 0.258. The molecule has 1 saturated heterocycles. The molecule has 4 aromatic carbocycles. The molecule has 170 valence electrons. The maximum Gasteiger partial charge on any atom is 0.245 e. The molecule has 1 N–H and O–H groups in total. The lowest BCUT2D eigenvalue weighted by molar-refractivity contribution is -0.126. The van der Waals surface area contributed by atoms with Crippen LogP contribution < -0.4 is 15.1 Å². The van der Waals surface area contributed by atoms with E-state index in [1.54, 1.807) is 11.1 Å². The minimum Gasteiger partial charge on any atom is -0.494 e. The summed E-state index contributed by atoms with van der Waals surface area (Å²) in [5, 5.41) is 8.63. The highest BCUT2D eigenvalue weighted by Crippen LogP contribution is 2.28. The van der Waals surface area contributed by atoms with Gasteiger partial charge in [0.15, 0.2) is 0 Å². The van der Waals surface area contributed by atoms with E-state index in [1.165, 1.54) is 0 Å². The molecule has 34 heavy (non-hydrogen) atoms. The highest BCUT2D eigenvalue weighted by Gasteiger charge is 2.35. The molecule has 0 saturated carbocycles. The van der Waals surface area contributed by atoms with Crippen LogP contribution in [0.25, 0.3) is 21.5 Å². The number of rotatable bonds is 6. The fraction of sp³-hybridized carbons (Fsp3) is 0.179. The van der Waals surface area contributed by atoms with Gasteiger partial charge in [-0.1, -0.05) is 48.5 Å².